The summed E-state index contributed by atoms with van der Waals surface area (Å²) >= 11 is 9.28. The molecule has 0 aliphatic rings. The summed E-state index contributed by atoms with van der Waals surface area (Å²) < 4.78 is 5.75. The molecule has 0 saturated heterocycles. The molecule has 0 spiro atoms. The van der Waals surface area contributed by atoms with Crippen molar-refractivity contribution in [2.24, 2.45) is 0 Å². The predicted molar refractivity (Wildman–Crippen MR) is 82.0 cm³/mol. The highest BCUT2D eigenvalue weighted by Crippen LogP contribution is 2.36. The number of alkyl halides is 1. The lowest BCUT2D eigenvalue weighted by molar-refractivity contribution is -0.385. The molecule has 4 nitrogen and oxygen atoms in total. The van der Waals surface area contributed by atoms with Gasteiger partial charge in [0.1, 0.15) is 5.75 Å². The molecule has 0 aliphatic heterocycles. The second-order valence-electron chi connectivity index (χ2n) is 4.17. The molecular formula is C14H11BrClNO3. The second kappa shape index (κ2) is 6.24. The first-order valence-corrected chi connectivity index (χ1v) is 7.29. The van der Waals surface area contributed by atoms with Crippen molar-refractivity contribution in [2.75, 3.05) is 0 Å². The van der Waals surface area contributed by atoms with Gasteiger partial charge in [-0.15, -0.1) is 0 Å². The number of rotatable bonds is 4. The first kappa shape index (κ1) is 14.8. The van der Waals surface area contributed by atoms with E-state index in [1.165, 1.54) is 6.07 Å². The summed E-state index contributed by atoms with van der Waals surface area (Å²) in [7, 11) is 0. The van der Waals surface area contributed by atoms with Crippen molar-refractivity contribution in [3.05, 3.63) is 62.7 Å². The molecule has 0 unspecified atom stereocenters. The van der Waals surface area contributed by atoms with Crippen molar-refractivity contribution >= 4 is 33.2 Å². The zero-order valence-electron chi connectivity index (χ0n) is 10.6. The normalized spacial score (nSPS) is 10.3. The summed E-state index contributed by atoms with van der Waals surface area (Å²) in [6.45, 7) is 1.77. The third kappa shape index (κ3) is 3.11. The largest absolute Gasteiger partial charge is 0.450 e. The molecule has 0 N–H and O–H groups in total. The third-order valence-corrected chi connectivity index (χ3v) is 3.61. The van der Waals surface area contributed by atoms with E-state index in [2.05, 4.69) is 15.9 Å². The van der Waals surface area contributed by atoms with Gasteiger partial charge in [0.2, 0.25) is 5.75 Å². The molecule has 20 heavy (non-hydrogen) atoms. The zero-order valence-corrected chi connectivity index (χ0v) is 12.9. The third-order valence-electron chi connectivity index (χ3n) is 2.77. The fourth-order valence-electron chi connectivity index (χ4n) is 1.78. The van der Waals surface area contributed by atoms with Crippen LogP contribution in [-0.2, 0) is 5.33 Å². The quantitative estimate of drug-likeness (QED) is 0.427. The van der Waals surface area contributed by atoms with Gasteiger partial charge in [-0.05, 0) is 30.7 Å². The molecule has 104 valence electrons. The van der Waals surface area contributed by atoms with E-state index in [1.807, 2.05) is 0 Å². The maximum atomic E-state index is 11.1. The predicted octanol–water partition coefficient (Wildman–Crippen LogP) is 5.24. The van der Waals surface area contributed by atoms with Crippen molar-refractivity contribution < 1.29 is 9.66 Å². The fourth-order valence-corrected chi connectivity index (χ4v) is 2.41. The minimum absolute atomic E-state index is 0.0551. The smallest absolute Gasteiger partial charge is 0.311 e. The van der Waals surface area contributed by atoms with Gasteiger partial charge < -0.3 is 4.74 Å². The number of benzene rings is 2. The number of aryl methyl sites for hydroxylation is 1. The van der Waals surface area contributed by atoms with Crippen molar-refractivity contribution in [3.8, 4) is 11.5 Å². The van der Waals surface area contributed by atoms with Gasteiger partial charge in [-0.25, -0.2) is 0 Å². The minimum Gasteiger partial charge on any atom is -0.450 e. The average Bonchev–Trinajstić information content (AvgIpc) is 2.42. The highest BCUT2D eigenvalue weighted by atomic mass is 79.9. The Morgan fingerprint density at radius 1 is 1.35 bits per heavy atom. The van der Waals surface area contributed by atoms with Gasteiger partial charge >= 0.3 is 5.69 Å². The van der Waals surface area contributed by atoms with Gasteiger partial charge in [0.25, 0.3) is 0 Å². The van der Waals surface area contributed by atoms with Gasteiger partial charge in [0.05, 0.1) is 4.92 Å². The van der Waals surface area contributed by atoms with E-state index in [0.29, 0.717) is 21.7 Å². The van der Waals surface area contributed by atoms with Crippen LogP contribution < -0.4 is 4.74 Å². The Balaban J connectivity index is 2.47. The van der Waals surface area contributed by atoms with Crippen molar-refractivity contribution in [1.29, 1.82) is 0 Å². The molecule has 6 heteroatoms. The number of hydrogen-bond acceptors (Lipinski definition) is 3. The monoisotopic (exact) mass is 355 g/mol. The van der Waals surface area contributed by atoms with Gasteiger partial charge in [0, 0.05) is 22.0 Å². The summed E-state index contributed by atoms with van der Waals surface area (Å²) in [4.78, 5) is 10.6. The second-order valence-corrected chi connectivity index (χ2v) is 5.17. The van der Waals surface area contributed by atoms with Crippen LogP contribution in [0.15, 0.2) is 36.4 Å². The Hall–Kier alpha value is -1.59. The Labute approximate surface area is 129 Å². The lowest BCUT2D eigenvalue weighted by Gasteiger charge is -2.12. The summed E-state index contributed by atoms with van der Waals surface area (Å²) in [5.74, 6) is 0.797. The molecule has 0 radical (unpaired) electrons. The maximum absolute atomic E-state index is 11.1. The highest BCUT2D eigenvalue weighted by Gasteiger charge is 2.18. The number of nitro benzene ring substituents is 1. The van der Waals surface area contributed by atoms with Crippen LogP contribution in [0.3, 0.4) is 0 Å². The van der Waals surface area contributed by atoms with Crippen LogP contribution in [0, 0.1) is 17.0 Å². The molecule has 2 aromatic carbocycles. The van der Waals surface area contributed by atoms with Crippen molar-refractivity contribution in [2.45, 2.75) is 12.3 Å². The molecule has 0 saturated carbocycles. The molecule has 0 aromatic heterocycles. The molecule has 2 aromatic rings. The first-order chi connectivity index (χ1) is 9.52. The van der Waals surface area contributed by atoms with Crippen LogP contribution in [0.25, 0.3) is 0 Å². The van der Waals surface area contributed by atoms with E-state index in [4.69, 9.17) is 16.3 Å². The zero-order chi connectivity index (χ0) is 14.7. The summed E-state index contributed by atoms with van der Waals surface area (Å²) in [6, 6.07) is 9.98. The van der Waals surface area contributed by atoms with E-state index in [0.717, 1.165) is 5.56 Å². The van der Waals surface area contributed by atoms with Gasteiger partial charge in [-0.3, -0.25) is 10.1 Å². The van der Waals surface area contributed by atoms with E-state index < -0.39 is 4.92 Å². The van der Waals surface area contributed by atoms with Crippen molar-refractivity contribution in [1.82, 2.24) is 0 Å². The highest BCUT2D eigenvalue weighted by molar-refractivity contribution is 9.08. The fraction of sp³-hybridized carbons (Fsp3) is 0.143. The van der Waals surface area contributed by atoms with E-state index in [9.17, 15) is 10.1 Å². The topological polar surface area (TPSA) is 52.4 Å². The van der Waals surface area contributed by atoms with Crippen LogP contribution in [0.1, 0.15) is 11.1 Å². The average molecular weight is 357 g/mol. The molecule has 0 atom stereocenters. The number of ether oxygens (including phenoxy) is 1. The number of nitrogens with zero attached hydrogens (tertiary/aromatic N) is 1. The Morgan fingerprint density at radius 3 is 2.75 bits per heavy atom. The van der Waals surface area contributed by atoms with Crippen molar-refractivity contribution in [3.63, 3.8) is 0 Å². The van der Waals surface area contributed by atoms with Gasteiger partial charge in [-0.1, -0.05) is 39.7 Å². The Morgan fingerprint density at radius 2 is 2.10 bits per heavy atom. The van der Waals surface area contributed by atoms with Crippen LogP contribution in [-0.4, -0.2) is 4.92 Å². The molecule has 0 bridgehead atoms. The summed E-state index contributed by atoms with van der Waals surface area (Å²) in [5.41, 5.74) is 1.48. The van der Waals surface area contributed by atoms with Crippen LogP contribution >= 0.6 is 27.5 Å². The van der Waals surface area contributed by atoms with E-state index in [1.54, 1.807) is 37.3 Å². The standard InChI is InChI=1S/C14H11BrClNO3/c1-9-3-2-4-12(17(18)19)14(9)20-13-6-5-11(16)7-10(13)8-15/h2-7H,8H2,1H3. The Bertz CT molecular complexity index is 661. The first-order valence-electron chi connectivity index (χ1n) is 5.79. The van der Waals surface area contributed by atoms with Gasteiger partial charge in [0.15, 0.2) is 0 Å². The summed E-state index contributed by atoms with van der Waals surface area (Å²) in [6.07, 6.45) is 0. The number of halogens is 2. The van der Waals surface area contributed by atoms with Crippen LogP contribution in [0.4, 0.5) is 5.69 Å². The van der Waals surface area contributed by atoms with Crippen LogP contribution in [0.5, 0.6) is 11.5 Å². The molecule has 0 aliphatic carbocycles. The number of hydrogen-bond donors (Lipinski definition) is 0. The lowest BCUT2D eigenvalue weighted by Crippen LogP contribution is -1.97. The SMILES string of the molecule is Cc1cccc([N+](=O)[O-])c1Oc1ccc(Cl)cc1CBr. The molecule has 0 fully saturated rings. The maximum Gasteiger partial charge on any atom is 0.311 e. The lowest BCUT2D eigenvalue weighted by atomic mass is 10.2. The number of nitro groups is 1. The summed E-state index contributed by atoms with van der Waals surface area (Å²) in [5, 5.41) is 12.2. The molecular weight excluding hydrogens is 346 g/mol. The van der Waals surface area contributed by atoms with Gasteiger partial charge in [-0.2, -0.15) is 0 Å². The molecule has 0 amide bonds. The van der Waals surface area contributed by atoms with E-state index >= 15 is 0 Å². The minimum atomic E-state index is -0.452. The van der Waals surface area contributed by atoms with Crippen LogP contribution in [0.2, 0.25) is 5.02 Å². The molecule has 0 heterocycles. The van der Waals surface area contributed by atoms with E-state index in [-0.39, 0.29) is 11.4 Å². The molecule has 2 rings (SSSR count). The Kier molecular flexibility index (Phi) is 4.62. The number of para-hydroxylation sites is 1.